The van der Waals surface area contributed by atoms with Crippen molar-refractivity contribution in [2.45, 2.75) is 38.6 Å². The summed E-state index contributed by atoms with van der Waals surface area (Å²) >= 11 is 0. The summed E-state index contributed by atoms with van der Waals surface area (Å²) in [4.78, 5) is 28.1. The fourth-order valence-electron chi connectivity index (χ4n) is 3.12. The predicted molar refractivity (Wildman–Crippen MR) is 78.2 cm³/mol. The topological polar surface area (TPSA) is 52.7 Å². The summed E-state index contributed by atoms with van der Waals surface area (Å²) in [7, 11) is 2.11. The average Bonchev–Trinajstić information content (AvgIpc) is 2.55. The van der Waals surface area contributed by atoms with Crippen molar-refractivity contribution in [1.29, 1.82) is 0 Å². The maximum atomic E-state index is 12.2. The first kappa shape index (κ1) is 15.0. The van der Waals surface area contributed by atoms with E-state index in [4.69, 9.17) is 0 Å². The van der Waals surface area contributed by atoms with Gasteiger partial charge in [0.2, 0.25) is 11.8 Å². The van der Waals surface area contributed by atoms with Gasteiger partial charge in [0.1, 0.15) is 0 Å². The van der Waals surface area contributed by atoms with Crippen LogP contribution in [0.4, 0.5) is 0 Å². The molecule has 0 saturated carbocycles. The molecule has 0 aliphatic carbocycles. The second-order valence-electron chi connectivity index (χ2n) is 6.23. The lowest BCUT2D eigenvalue weighted by atomic mass is 9.86. The molecule has 2 amide bonds. The molecule has 2 saturated heterocycles. The summed E-state index contributed by atoms with van der Waals surface area (Å²) in [5, 5.41) is 2.93. The summed E-state index contributed by atoms with van der Waals surface area (Å²) in [5.41, 5.74) is 0.975. The van der Waals surface area contributed by atoms with Gasteiger partial charge in [-0.25, -0.2) is 0 Å². The van der Waals surface area contributed by atoms with Crippen LogP contribution in [0.1, 0.15) is 33.1 Å². The van der Waals surface area contributed by atoms with E-state index in [2.05, 4.69) is 17.3 Å². The van der Waals surface area contributed by atoms with Crippen LogP contribution >= 0.6 is 0 Å². The van der Waals surface area contributed by atoms with Gasteiger partial charge in [-0.2, -0.15) is 0 Å². The van der Waals surface area contributed by atoms with Gasteiger partial charge < -0.3 is 10.2 Å². The van der Waals surface area contributed by atoms with E-state index in [9.17, 15) is 9.59 Å². The molecule has 20 heavy (non-hydrogen) atoms. The molecule has 112 valence electrons. The average molecular weight is 279 g/mol. The molecule has 2 rings (SSSR count). The van der Waals surface area contributed by atoms with Crippen molar-refractivity contribution < 1.29 is 9.59 Å². The van der Waals surface area contributed by atoms with Gasteiger partial charge >= 0.3 is 0 Å². The molecular weight excluding hydrogens is 254 g/mol. The van der Waals surface area contributed by atoms with Crippen LogP contribution in [0.25, 0.3) is 0 Å². The van der Waals surface area contributed by atoms with E-state index in [1.54, 1.807) is 6.08 Å². The minimum Gasteiger partial charge on any atom is -0.356 e. The normalized spacial score (nSPS) is 27.9. The number of hydrogen-bond acceptors (Lipinski definition) is 3. The molecule has 0 aromatic carbocycles. The highest BCUT2D eigenvalue weighted by Crippen LogP contribution is 2.30. The Morgan fingerprint density at radius 1 is 1.30 bits per heavy atom. The number of piperazine rings is 1. The third-order valence-corrected chi connectivity index (χ3v) is 4.45. The summed E-state index contributed by atoms with van der Waals surface area (Å²) in [5.74, 6) is 0.226. The van der Waals surface area contributed by atoms with Gasteiger partial charge in [0.15, 0.2) is 0 Å². The van der Waals surface area contributed by atoms with Crippen LogP contribution in [-0.2, 0) is 9.59 Å². The monoisotopic (exact) mass is 279 g/mol. The quantitative estimate of drug-likeness (QED) is 0.721. The molecule has 5 nitrogen and oxygen atoms in total. The van der Waals surface area contributed by atoms with E-state index in [-0.39, 0.29) is 17.4 Å². The second kappa shape index (κ2) is 5.95. The van der Waals surface area contributed by atoms with Crippen LogP contribution in [0.2, 0.25) is 0 Å². The first-order valence-electron chi connectivity index (χ1n) is 7.35. The standard InChI is InChI=1S/C15H25N3O2/c1-12(2)10-14(20)18-9-8-17(3)15(11-18)5-4-13(19)16-7-6-15/h10H,4-9,11H2,1-3H3,(H,16,19). The van der Waals surface area contributed by atoms with Crippen LogP contribution in [-0.4, -0.2) is 60.4 Å². The Morgan fingerprint density at radius 2 is 2.05 bits per heavy atom. The molecule has 1 N–H and O–H groups in total. The van der Waals surface area contributed by atoms with Crippen molar-refractivity contribution >= 4 is 11.8 Å². The van der Waals surface area contributed by atoms with Crippen LogP contribution in [0.5, 0.6) is 0 Å². The number of nitrogens with one attached hydrogen (secondary N) is 1. The molecule has 2 aliphatic rings. The largest absolute Gasteiger partial charge is 0.356 e. The lowest BCUT2D eigenvalue weighted by Gasteiger charge is -2.49. The number of amides is 2. The maximum Gasteiger partial charge on any atom is 0.246 e. The summed E-state index contributed by atoms with van der Waals surface area (Å²) < 4.78 is 0. The number of hydrogen-bond donors (Lipinski definition) is 1. The molecule has 2 heterocycles. The first-order chi connectivity index (χ1) is 9.43. The molecular formula is C15H25N3O2. The molecule has 0 bridgehead atoms. The maximum absolute atomic E-state index is 12.2. The fraction of sp³-hybridized carbons (Fsp3) is 0.733. The number of allylic oxidation sites excluding steroid dienone is 1. The van der Waals surface area contributed by atoms with E-state index < -0.39 is 0 Å². The number of rotatable bonds is 1. The number of nitrogens with zero attached hydrogens (tertiary/aromatic N) is 2. The van der Waals surface area contributed by atoms with Crippen LogP contribution in [0.3, 0.4) is 0 Å². The van der Waals surface area contributed by atoms with E-state index in [0.717, 1.165) is 38.0 Å². The Morgan fingerprint density at radius 3 is 2.75 bits per heavy atom. The molecule has 2 fully saturated rings. The smallest absolute Gasteiger partial charge is 0.246 e. The molecule has 1 atom stereocenters. The van der Waals surface area contributed by atoms with Crippen LogP contribution < -0.4 is 5.32 Å². The lowest BCUT2D eigenvalue weighted by molar-refractivity contribution is -0.131. The highest BCUT2D eigenvalue weighted by Gasteiger charge is 2.41. The van der Waals surface area contributed by atoms with E-state index in [0.29, 0.717) is 13.0 Å². The van der Waals surface area contributed by atoms with Gasteiger partial charge in [0, 0.05) is 44.2 Å². The second-order valence-corrected chi connectivity index (χ2v) is 6.23. The molecule has 2 aliphatic heterocycles. The Bertz CT molecular complexity index is 429. The fourth-order valence-corrected chi connectivity index (χ4v) is 3.12. The van der Waals surface area contributed by atoms with Crippen LogP contribution in [0.15, 0.2) is 11.6 Å². The number of likely N-dealkylation sites (N-methyl/N-ethyl adjacent to an activating group) is 1. The molecule has 0 aromatic heterocycles. The zero-order chi connectivity index (χ0) is 14.8. The van der Waals surface area contributed by atoms with Crippen molar-refractivity contribution in [1.82, 2.24) is 15.1 Å². The Balaban J connectivity index is 2.13. The van der Waals surface area contributed by atoms with Gasteiger partial charge in [0.05, 0.1) is 0 Å². The van der Waals surface area contributed by atoms with E-state index >= 15 is 0 Å². The van der Waals surface area contributed by atoms with Crippen molar-refractivity contribution in [2.24, 2.45) is 0 Å². The Labute approximate surface area is 121 Å². The van der Waals surface area contributed by atoms with Gasteiger partial charge in [-0.15, -0.1) is 0 Å². The minimum atomic E-state index is -0.0530. The third-order valence-electron chi connectivity index (χ3n) is 4.45. The Hall–Kier alpha value is -1.36. The third kappa shape index (κ3) is 3.20. The van der Waals surface area contributed by atoms with Gasteiger partial charge in [-0.1, -0.05) is 5.57 Å². The van der Waals surface area contributed by atoms with Crippen molar-refractivity contribution in [2.75, 3.05) is 33.2 Å². The van der Waals surface area contributed by atoms with Crippen molar-refractivity contribution in [3.05, 3.63) is 11.6 Å². The van der Waals surface area contributed by atoms with Crippen molar-refractivity contribution in [3.8, 4) is 0 Å². The molecule has 1 spiro atoms. The van der Waals surface area contributed by atoms with Gasteiger partial charge in [-0.05, 0) is 33.7 Å². The summed E-state index contributed by atoms with van der Waals surface area (Å²) in [6, 6.07) is 0. The number of carbonyl (C=O) groups excluding carboxylic acids is 2. The SMILES string of the molecule is CC(C)=CC(=O)N1CCN(C)C2(CCNC(=O)CC2)C1. The molecule has 0 radical (unpaired) electrons. The number of carbonyl (C=O) groups is 2. The highest BCUT2D eigenvalue weighted by atomic mass is 16.2. The van der Waals surface area contributed by atoms with E-state index in [1.807, 2.05) is 18.7 Å². The highest BCUT2D eigenvalue weighted by molar-refractivity contribution is 5.88. The predicted octanol–water partition coefficient (Wildman–Crippen LogP) is 0.766. The zero-order valence-electron chi connectivity index (χ0n) is 12.7. The summed E-state index contributed by atoms with van der Waals surface area (Å²) in [6.45, 7) is 6.95. The lowest BCUT2D eigenvalue weighted by Crippen LogP contribution is -2.62. The zero-order valence-corrected chi connectivity index (χ0v) is 12.7. The van der Waals surface area contributed by atoms with E-state index in [1.165, 1.54) is 0 Å². The van der Waals surface area contributed by atoms with Crippen LogP contribution in [0, 0.1) is 0 Å². The minimum absolute atomic E-state index is 0.0530. The summed E-state index contributed by atoms with van der Waals surface area (Å²) in [6.07, 6.45) is 4.00. The van der Waals surface area contributed by atoms with Gasteiger partial charge in [-0.3, -0.25) is 14.5 Å². The molecule has 5 heteroatoms. The Kier molecular flexibility index (Phi) is 4.48. The first-order valence-corrected chi connectivity index (χ1v) is 7.35. The van der Waals surface area contributed by atoms with Crippen molar-refractivity contribution in [3.63, 3.8) is 0 Å². The molecule has 0 aromatic rings. The molecule has 1 unspecified atom stereocenters. The van der Waals surface area contributed by atoms with Gasteiger partial charge in [0.25, 0.3) is 0 Å².